The van der Waals surface area contributed by atoms with E-state index in [1.54, 1.807) is 54.6 Å². The van der Waals surface area contributed by atoms with E-state index in [4.69, 9.17) is 5.11 Å². The molecular formula is C32H29FN2O5. The van der Waals surface area contributed by atoms with E-state index in [9.17, 15) is 23.9 Å². The van der Waals surface area contributed by atoms with Crippen molar-refractivity contribution >= 4 is 23.3 Å². The van der Waals surface area contributed by atoms with Crippen LogP contribution < -0.4 is 10.6 Å². The summed E-state index contributed by atoms with van der Waals surface area (Å²) in [4.78, 5) is 36.2. The van der Waals surface area contributed by atoms with E-state index in [2.05, 4.69) is 34.3 Å². The number of carbonyl (C=O) groups excluding carboxylic acids is 3. The number of aliphatic hydroxyl groups excluding tert-OH is 2. The third-order valence-corrected chi connectivity index (χ3v) is 5.87. The smallest absolute Gasteiger partial charge is 0.251 e. The largest absolute Gasteiger partial charge is 0.391 e. The molecule has 7 nitrogen and oxygen atoms in total. The second-order valence-electron chi connectivity index (χ2n) is 8.96. The lowest BCUT2D eigenvalue weighted by molar-refractivity contribution is -0.126. The minimum absolute atomic E-state index is 0.147. The summed E-state index contributed by atoms with van der Waals surface area (Å²) < 4.78 is 13.7. The normalized spacial score (nSPS) is 11.6. The lowest BCUT2D eigenvalue weighted by Gasteiger charge is -2.19. The van der Waals surface area contributed by atoms with E-state index in [0.717, 1.165) is 0 Å². The fraction of sp³-hybridized carbons (Fsp3) is 0.219. The Hall–Kier alpha value is -4.76. The monoisotopic (exact) mass is 540 g/mol. The topological polar surface area (TPSA) is 116 Å². The molecule has 2 amide bonds. The Kier molecular flexibility index (Phi) is 11.2. The first-order chi connectivity index (χ1) is 19.3. The van der Waals surface area contributed by atoms with Crippen molar-refractivity contribution in [1.29, 1.82) is 0 Å². The van der Waals surface area contributed by atoms with Gasteiger partial charge in [0.15, 0.2) is 5.78 Å². The highest BCUT2D eigenvalue weighted by Crippen LogP contribution is 2.13. The van der Waals surface area contributed by atoms with E-state index >= 15 is 0 Å². The third-order valence-electron chi connectivity index (χ3n) is 5.87. The number of anilines is 1. The van der Waals surface area contributed by atoms with Crippen molar-refractivity contribution in [2.24, 2.45) is 0 Å². The zero-order valence-electron chi connectivity index (χ0n) is 21.9. The van der Waals surface area contributed by atoms with E-state index in [1.807, 2.05) is 0 Å². The number of hydrogen-bond donors (Lipinski definition) is 4. The van der Waals surface area contributed by atoms with Crippen LogP contribution in [0.2, 0.25) is 0 Å². The third kappa shape index (κ3) is 9.21. The molecule has 0 fully saturated rings. The molecule has 40 heavy (non-hydrogen) atoms. The molecule has 0 aromatic heterocycles. The number of rotatable bonds is 10. The SMILES string of the molecule is C[C@@H](O)[C@H](NC(=O)c1ccc(C#CC#Cc2ccc(NC(=O)CCCc3ccccc3F)cc2)cc1)C(=O)CO. The Bertz CT molecular complexity index is 1460. The van der Waals surface area contributed by atoms with Crippen molar-refractivity contribution in [3.05, 3.63) is 101 Å². The summed E-state index contributed by atoms with van der Waals surface area (Å²) in [5.74, 6) is 9.64. The van der Waals surface area contributed by atoms with Crippen LogP contribution in [0.5, 0.6) is 0 Å². The number of ketones is 1. The average Bonchev–Trinajstić information content (AvgIpc) is 2.95. The first-order valence-corrected chi connectivity index (χ1v) is 12.6. The zero-order valence-corrected chi connectivity index (χ0v) is 21.9. The molecule has 0 bridgehead atoms. The van der Waals surface area contributed by atoms with Gasteiger partial charge in [0, 0.05) is 28.8 Å². The van der Waals surface area contributed by atoms with Gasteiger partial charge in [0.25, 0.3) is 5.91 Å². The summed E-state index contributed by atoms with van der Waals surface area (Å²) >= 11 is 0. The molecule has 2 atom stereocenters. The quantitative estimate of drug-likeness (QED) is 0.295. The number of halogens is 1. The van der Waals surface area contributed by atoms with Crippen LogP contribution in [0, 0.1) is 29.5 Å². The zero-order chi connectivity index (χ0) is 28.9. The summed E-state index contributed by atoms with van der Waals surface area (Å²) in [6.07, 6.45) is 0.168. The molecule has 0 unspecified atom stereocenters. The molecule has 3 aromatic carbocycles. The van der Waals surface area contributed by atoms with Gasteiger partial charge in [0.2, 0.25) is 5.91 Å². The summed E-state index contributed by atoms with van der Waals surface area (Å²) in [7, 11) is 0. The highest BCUT2D eigenvalue weighted by atomic mass is 19.1. The number of carbonyl (C=O) groups is 3. The van der Waals surface area contributed by atoms with Gasteiger partial charge in [-0.15, -0.1) is 0 Å². The summed E-state index contributed by atoms with van der Waals surface area (Å²) in [5, 5.41) is 23.9. The predicted molar refractivity (Wildman–Crippen MR) is 150 cm³/mol. The molecule has 0 spiro atoms. The maximum Gasteiger partial charge on any atom is 0.251 e. The van der Waals surface area contributed by atoms with Crippen LogP contribution in [0.1, 0.15) is 46.8 Å². The van der Waals surface area contributed by atoms with E-state index in [1.165, 1.54) is 25.1 Å². The van der Waals surface area contributed by atoms with Gasteiger partial charge in [-0.3, -0.25) is 14.4 Å². The van der Waals surface area contributed by atoms with Gasteiger partial charge in [-0.1, -0.05) is 30.0 Å². The van der Waals surface area contributed by atoms with Crippen LogP contribution in [0.3, 0.4) is 0 Å². The van der Waals surface area contributed by atoms with Crippen LogP contribution in [-0.2, 0) is 16.0 Å². The predicted octanol–water partition coefficient (Wildman–Crippen LogP) is 3.23. The van der Waals surface area contributed by atoms with Crippen LogP contribution in [0.15, 0.2) is 72.8 Å². The second-order valence-corrected chi connectivity index (χ2v) is 8.96. The van der Waals surface area contributed by atoms with Crippen LogP contribution in [-0.4, -0.2) is 46.6 Å². The summed E-state index contributed by atoms with van der Waals surface area (Å²) in [6.45, 7) is 0.566. The number of aryl methyl sites for hydroxylation is 1. The van der Waals surface area contributed by atoms with Gasteiger partial charge >= 0.3 is 0 Å². The van der Waals surface area contributed by atoms with Crippen LogP contribution in [0.4, 0.5) is 10.1 Å². The molecule has 204 valence electrons. The first-order valence-electron chi connectivity index (χ1n) is 12.6. The number of nitrogens with one attached hydrogen (secondary N) is 2. The maximum absolute atomic E-state index is 13.7. The van der Waals surface area contributed by atoms with Crippen LogP contribution >= 0.6 is 0 Å². The molecule has 0 saturated carbocycles. The molecule has 0 aliphatic carbocycles. The van der Waals surface area contributed by atoms with Gasteiger partial charge < -0.3 is 20.8 Å². The molecule has 3 aromatic rings. The highest BCUT2D eigenvalue weighted by Gasteiger charge is 2.25. The number of hydrogen-bond acceptors (Lipinski definition) is 5. The number of amides is 2. The van der Waals surface area contributed by atoms with Crippen molar-refractivity contribution in [3.63, 3.8) is 0 Å². The summed E-state index contributed by atoms with van der Waals surface area (Å²) in [6, 6.07) is 18.7. The Labute approximate surface area is 232 Å². The molecule has 0 aliphatic heterocycles. The van der Waals surface area contributed by atoms with Crippen molar-refractivity contribution in [2.75, 3.05) is 11.9 Å². The first kappa shape index (κ1) is 29.8. The summed E-state index contributed by atoms with van der Waals surface area (Å²) in [5.41, 5.74) is 2.84. The average molecular weight is 541 g/mol. The minimum Gasteiger partial charge on any atom is -0.391 e. The van der Waals surface area contributed by atoms with Crippen LogP contribution in [0.25, 0.3) is 0 Å². The fourth-order valence-corrected chi connectivity index (χ4v) is 3.71. The van der Waals surface area contributed by atoms with Gasteiger partial charge in [-0.05, 0) is 91.8 Å². The van der Waals surface area contributed by atoms with Crippen molar-refractivity contribution < 1.29 is 29.0 Å². The molecule has 0 saturated heterocycles. The Morgan fingerprint density at radius 2 is 1.50 bits per heavy atom. The highest BCUT2D eigenvalue weighted by molar-refractivity contribution is 5.98. The van der Waals surface area contributed by atoms with Gasteiger partial charge in [-0.25, -0.2) is 4.39 Å². The van der Waals surface area contributed by atoms with E-state index in [0.29, 0.717) is 35.2 Å². The molecule has 4 N–H and O–H groups in total. The van der Waals surface area contributed by atoms with E-state index < -0.39 is 30.4 Å². The maximum atomic E-state index is 13.7. The standard InChI is InChI=1S/C32H29FN2O5/c1-22(37)31(29(38)21-36)35-32(40)26-17-13-23(14-18-26)7-2-3-8-24-15-19-27(20-16-24)34-30(39)12-6-10-25-9-4-5-11-28(25)33/h4-5,9,11,13-20,22,31,36-37H,6,10,12,21H2,1H3,(H,34,39)(H,35,40)/t22-,31+/m1/s1. The molecule has 8 heteroatoms. The van der Waals surface area contributed by atoms with E-state index in [-0.39, 0.29) is 23.7 Å². The Morgan fingerprint density at radius 1 is 0.900 bits per heavy atom. The second kappa shape index (κ2) is 15.0. The number of Topliss-reactive ketones (excluding diaryl/α,β-unsaturated/α-hetero) is 1. The molecule has 0 aliphatic rings. The number of benzene rings is 3. The Balaban J connectivity index is 1.48. The van der Waals surface area contributed by atoms with Crippen molar-refractivity contribution in [3.8, 4) is 23.7 Å². The van der Waals surface area contributed by atoms with Gasteiger partial charge in [0.1, 0.15) is 18.5 Å². The lowest BCUT2D eigenvalue weighted by Crippen LogP contribution is -2.48. The molecule has 3 rings (SSSR count). The molecule has 0 radical (unpaired) electrons. The molecular weight excluding hydrogens is 511 g/mol. The van der Waals surface area contributed by atoms with Crippen molar-refractivity contribution in [2.45, 2.75) is 38.3 Å². The number of aliphatic hydroxyl groups is 2. The molecule has 0 heterocycles. The lowest BCUT2D eigenvalue weighted by atomic mass is 10.1. The Morgan fingerprint density at radius 3 is 2.08 bits per heavy atom. The van der Waals surface area contributed by atoms with Crippen molar-refractivity contribution in [1.82, 2.24) is 5.32 Å². The van der Waals surface area contributed by atoms with Gasteiger partial charge in [0.05, 0.1) is 6.10 Å². The van der Waals surface area contributed by atoms with Gasteiger partial charge in [-0.2, -0.15) is 0 Å². The minimum atomic E-state index is -1.20. The fourth-order valence-electron chi connectivity index (χ4n) is 3.71.